The summed E-state index contributed by atoms with van der Waals surface area (Å²) in [6.45, 7) is 3.82. The van der Waals surface area contributed by atoms with Gasteiger partial charge in [-0.15, -0.1) is 0 Å². The zero-order valence-corrected chi connectivity index (χ0v) is 11.2. The molecule has 0 aliphatic carbocycles. The highest BCUT2D eigenvalue weighted by atomic mass is 32.2. The van der Waals surface area contributed by atoms with Crippen LogP contribution in [-0.2, 0) is 5.75 Å². The van der Waals surface area contributed by atoms with E-state index in [0.29, 0.717) is 17.0 Å². The molecule has 0 fully saturated rings. The third kappa shape index (κ3) is 3.59. The minimum absolute atomic E-state index is 0.135. The molecule has 0 aromatic heterocycles. The molecule has 0 spiro atoms. The molecule has 1 aromatic rings. The average Bonchev–Trinajstić information content (AvgIpc) is 2.39. The number of para-hydroxylation sites is 1. The Kier molecular flexibility index (Phi) is 5.38. The predicted octanol–water partition coefficient (Wildman–Crippen LogP) is 2.59. The van der Waals surface area contributed by atoms with Crippen LogP contribution in [0.1, 0.15) is 5.56 Å². The highest BCUT2D eigenvalue weighted by Crippen LogP contribution is 2.24. The molecule has 0 atom stereocenters. The van der Waals surface area contributed by atoms with Crippen LogP contribution in [0.5, 0.6) is 0 Å². The molecule has 0 saturated carbocycles. The number of aliphatic imine (C=N–C) groups is 1. The summed E-state index contributed by atoms with van der Waals surface area (Å²) in [6, 6.07) is 6.71. The van der Waals surface area contributed by atoms with Crippen LogP contribution in [0.3, 0.4) is 0 Å². The molecule has 5 nitrogen and oxygen atoms in total. The number of benzene rings is 1. The normalized spacial score (nSPS) is 11.1. The van der Waals surface area contributed by atoms with Gasteiger partial charge >= 0.3 is 0 Å². The topological polar surface area (TPSA) is 67.5 Å². The van der Waals surface area contributed by atoms with Crippen molar-refractivity contribution < 1.29 is 4.92 Å². The van der Waals surface area contributed by atoms with Gasteiger partial charge in [-0.25, -0.2) is 0 Å². The molecule has 0 amide bonds. The summed E-state index contributed by atoms with van der Waals surface area (Å²) in [5, 5.41) is 14.5. The fourth-order valence-corrected chi connectivity index (χ4v) is 2.29. The van der Waals surface area contributed by atoms with Crippen molar-refractivity contribution in [1.29, 1.82) is 0 Å². The molecule has 0 radical (unpaired) electrons. The van der Waals surface area contributed by atoms with Gasteiger partial charge < -0.3 is 5.32 Å². The zero-order valence-electron chi connectivity index (χ0n) is 10.3. The maximum atomic E-state index is 10.9. The zero-order chi connectivity index (χ0) is 13.5. The van der Waals surface area contributed by atoms with Gasteiger partial charge in [-0.3, -0.25) is 15.1 Å². The van der Waals surface area contributed by atoms with Crippen LogP contribution in [0.15, 0.2) is 41.5 Å². The average molecular weight is 265 g/mol. The molecule has 0 aliphatic heterocycles. The molecule has 0 bridgehead atoms. The summed E-state index contributed by atoms with van der Waals surface area (Å²) < 4.78 is 0. The van der Waals surface area contributed by atoms with E-state index in [0.717, 1.165) is 5.04 Å². The van der Waals surface area contributed by atoms with Crippen LogP contribution in [-0.4, -0.2) is 24.1 Å². The summed E-state index contributed by atoms with van der Waals surface area (Å²) in [5.74, 6) is 0.491. The molecule has 1 rings (SSSR count). The van der Waals surface area contributed by atoms with Gasteiger partial charge in [-0.05, 0) is 0 Å². The Morgan fingerprint density at radius 1 is 1.56 bits per heavy atom. The molecule has 6 heteroatoms. The van der Waals surface area contributed by atoms with Crippen molar-refractivity contribution in [1.82, 2.24) is 5.32 Å². The first kappa shape index (κ1) is 14.2. The third-order valence-corrected chi connectivity index (χ3v) is 3.47. The van der Waals surface area contributed by atoms with Crippen molar-refractivity contribution in [3.8, 4) is 0 Å². The van der Waals surface area contributed by atoms with Crippen molar-refractivity contribution in [2.75, 3.05) is 14.1 Å². The van der Waals surface area contributed by atoms with E-state index in [1.54, 1.807) is 32.3 Å². The van der Waals surface area contributed by atoms with E-state index in [2.05, 4.69) is 16.9 Å². The van der Waals surface area contributed by atoms with Gasteiger partial charge in [0.1, 0.15) is 5.04 Å². The lowest BCUT2D eigenvalue weighted by Gasteiger charge is -2.08. The van der Waals surface area contributed by atoms with Gasteiger partial charge in [0.05, 0.1) is 10.6 Å². The second-order valence-electron chi connectivity index (χ2n) is 3.43. The van der Waals surface area contributed by atoms with E-state index in [9.17, 15) is 10.1 Å². The fraction of sp³-hybridized carbons (Fsp3) is 0.250. The number of hydrogen-bond donors (Lipinski definition) is 1. The highest BCUT2D eigenvalue weighted by Gasteiger charge is 2.13. The number of nitrogens with one attached hydrogen (secondary N) is 1. The van der Waals surface area contributed by atoms with E-state index in [4.69, 9.17) is 0 Å². The second-order valence-corrected chi connectivity index (χ2v) is 4.40. The van der Waals surface area contributed by atoms with Crippen molar-refractivity contribution in [3.05, 3.63) is 52.2 Å². The van der Waals surface area contributed by atoms with Crippen LogP contribution in [0.2, 0.25) is 0 Å². The summed E-state index contributed by atoms with van der Waals surface area (Å²) in [5.41, 5.74) is 1.52. The minimum Gasteiger partial charge on any atom is -0.386 e. The first-order valence-electron chi connectivity index (χ1n) is 5.29. The Hall–Kier alpha value is -1.82. The molecular formula is C12H15N3O2S. The summed E-state index contributed by atoms with van der Waals surface area (Å²) in [7, 11) is 3.43. The maximum absolute atomic E-state index is 10.9. The summed E-state index contributed by atoms with van der Waals surface area (Å²) >= 11 is 1.42. The van der Waals surface area contributed by atoms with E-state index >= 15 is 0 Å². The number of nitro benzene ring substituents is 1. The van der Waals surface area contributed by atoms with Gasteiger partial charge in [0.25, 0.3) is 5.69 Å². The monoisotopic (exact) mass is 265 g/mol. The maximum Gasteiger partial charge on any atom is 0.273 e. The predicted molar refractivity (Wildman–Crippen MR) is 76.0 cm³/mol. The fourth-order valence-electron chi connectivity index (χ4n) is 1.35. The smallest absolute Gasteiger partial charge is 0.273 e. The quantitative estimate of drug-likeness (QED) is 0.384. The highest BCUT2D eigenvalue weighted by molar-refractivity contribution is 8.13. The van der Waals surface area contributed by atoms with Gasteiger partial charge in [-0.1, -0.05) is 36.5 Å². The first-order valence-corrected chi connectivity index (χ1v) is 6.27. The molecule has 1 aromatic carbocycles. The van der Waals surface area contributed by atoms with Crippen LogP contribution >= 0.6 is 11.8 Å². The first-order chi connectivity index (χ1) is 8.60. The molecule has 0 unspecified atom stereocenters. The van der Waals surface area contributed by atoms with E-state index in [-0.39, 0.29) is 10.6 Å². The Balaban J connectivity index is 2.80. The standard InChI is InChI=1S/C12H15N3O2S/c1-9(13-2)12(14-3)18-8-10-6-4-5-7-11(10)15(16)17/h4-7,13H,1,8H2,2-3H3/b14-12+. The van der Waals surface area contributed by atoms with Gasteiger partial charge in [0, 0.05) is 31.5 Å². The lowest BCUT2D eigenvalue weighted by atomic mass is 10.2. The molecule has 18 heavy (non-hydrogen) atoms. The van der Waals surface area contributed by atoms with Gasteiger partial charge in [0.15, 0.2) is 0 Å². The summed E-state index contributed by atoms with van der Waals surface area (Å²) in [6.07, 6.45) is 0. The number of thioether (sulfide) groups is 1. The minimum atomic E-state index is -0.369. The van der Waals surface area contributed by atoms with Crippen LogP contribution < -0.4 is 5.32 Å². The lowest BCUT2D eigenvalue weighted by Crippen LogP contribution is -2.12. The SMILES string of the molecule is C=C(NC)/C(=N\C)SCc1ccccc1[N+](=O)[O-]. The molecule has 0 heterocycles. The van der Waals surface area contributed by atoms with Gasteiger partial charge in [-0.2, -0.15) is 0 Å². The van der Waals surface area contributed by atoms with Crippen molar-refractivity contribution in [3.63, 3.8) is 0 Å². The lowest BCUT2D eigenvalue weighted by molar-refractivity contribution is -0.385. The van der Waals surface area contributed by atoms with E-state index < -0.39 is 0 Å². The largest absolute Gasteiger partial charge is 0.386 e. The second kappa shape index (κ2) is 6.80. The van der Waals surface area contributed by atoms with Crippen LogP contribution in [0, 0.1) is 10.1 Å². The van der Waals surface area contributed by atoms with Crippen LogP contribution in [0.4, 0.5) is 5.69 Å². The third-order valence-electron chi connectivity index (χ3n) is 2.32. The Morgan fingerprint density at radius 2 is 2.22 bits per heavy atom. The Bertz CT molecular complexity index is 486. The number of rotatable bonds is 5. The van der Waals surface area contributed by atoms with Crippen LogP contribution in [0.25, 0.3) is 0 Å². The van der Waals surface area contributed by atoms with E-state index in [1.165, 1.54) is 17.8 Å². The molecule has 0 saturated heterocycles. The van der Waals surface area contributed by atoms with Gasteiger partial charge in [0.2, 0.25) is 0 Å². The molecule has 0 aliphatic rings. The molecule has 1 N–H and O–H groups in total. The summed E-state index contributed by atoms with van der Waals surface area (Å²) in [4.78, 5) is 14.6. The Labute approximate surface area is 110 Å². The van der Waals surface area contributed by atoms with Crippen molar-refractivity contribution in [2.45, 2.75) is 5.75 Å². The number of nitrogens with zero attached hydrogens (tertiary/aromatic N) is 2. The molecular weight excluding hydrogens is 250 g/mol. The Morgan fingerprint density at radius 3 is 2.78 bits per heavy atom. The van der Waals surface area contributed by atoms with Crippen molar-refractivity contribution in [2.24, 2.45) is 4.99 Å². The van der Waals surface area contributed by atoms with E-state index in [1.807, 2.05) is 0 Å². The van der Waals surface area contributed by atoms with Crippen molar-refractivity contribution >= 4 is 22.5 Å². The molecule has 96 valence electrons. The number of nitro groups is 1. The number of hydrogen-bond acceptors (Lipinski definition) is 5.